The molecule has 0 heterocycles. The number of hydrogen-bond acceptors (Lipinski definition) is 3. The average molecular weight is 415 g/mol. The predicted molar refractivity (Wildman–Crippen MR) is 113 cm³/mol. The molecule has 0 aliphatic rings. The number of sulfonamides is 1. The summed E-state index contributed by atoms with van der Waals surface area (Å²) < 4.78 is 28.2. The Morgan fingerprint density at radius 1 is 0.929 bits per heavy atom. The smallest absolute Gasteiger partial charge is 0.263 e. The number of hydrogen-bond donors (Lipinski definition) is 2. The Bertz CT molecular complexity index is 1140. The van der Waals surface area contributed by atoms with Crippen LogP contribution in [0.15, 0.2) is 71.6 Å². The zero-order valence-corrected chi connectivity index (χ0v) is 16.9. The average Bonchev–Trinajstić information content (AvgIpc) is 2.63. The van der Waals surface area contributed by atoms with Gasteiger partial charge in [-0.05, 0) is 61.4 Å². The molecule has 144 valence electrons. The number of benzene rings is 3. The highest BCUT2D eigenvalue weighted by Gasteiger charge is 2.21. The van der Waals surface area contributed by atoms with Crippen LogP contribution in [0.3, 0.4) is 0 Å². The quantitative estimate of drug-likeness (QED) is 0.616. The van der Waals surface area contributed by atoms with Crippen LogP contribution < -0.4 is 10.0 Å². The molecule has 0 fully saturated rings. The molecule has 0 aliphatic heterocycles. The molecular weight excluding hydrogens is 396 g/mol. The fraction of sp³-hybridized carbons (Fsp3) is 0.0952. The molecule has 3 aromatic carbocycles. The second-order valence-corrected chi connectivity index (χ2v) is 8.45. The van der Waals surface area contributed by atoms with Crippen LogP contribution in [0.4, 0.5) is 11.4 Å². The Morgan fingerprint density at radius 3 is 2.39 bits per heavy atom. The van der Waals surface area contributed by atoms with E-state index in [0.717, 1.165) is 11.1 Å². The molecule has 3 aromatic rings. The summed E-state index contributed by atoms with van der Waals surface area (Å²) in [7, 11) is -3.96. The summed E-state index contributed by atoms with van der Waals surface area (Å²) in [5, 5.41) is 2.79. The van der Waals surface area contributed by atoms with Crippen LogP contribution in [0.5, 0.6) is 0 Å². The molecule has 0 aromatic heterocycles. The van der Waals surface area contributed by atoms with Crippen LogP contribution in [0.25, 0.3) is 0 Å². The van der Waals surface area contributed by atoms with Gasteiger partial charge < -0.3 is 5.32 Å². The maximum atomic E-state index is 12.8. The van der Waals surface area contributed by atoms with Crippen molar-refractivity contribution in [2.75, 3.05) is 10.0 Å². The third-order valence-electron chi connectivity index (χ3n) is 4.15. The van der Waals surface area contributed by atoms with Crippen molar-refractivity contribution in [1.82, 2.24) is 0 Å². The molecule has 0 spiro atoms. The Hall–Kier alpha value is -2.83. The second-order valence-electron chi connectivity index (χ2n) is 6.39. The van der Waals surface area contributed by atoms with Gasteiger partial charge in [0.15, 0.2) is 0 Å². The Morgan fingerprint density at radius 2 is 1.68 bits per heavy atom. The first-order valence-corrected chi connectivity index (χ1v) is 10.4. The van der Waals surface area contributed by atoms with Gasteiger partial charge in [-0.1, -0.05) is 41.9 Å². The zero-order chi connectivity index (χ0) is 20.3. The van der Waals surface area contributed by atoms with Gasteiger partial charge in [0.05, 0.1) is 10.7 Å². The molecule has 1 amide bonds. The molecule has 3 rings (SSSR count). The van der Waals surface area contributed by atoms with Crippen molar-refractivity contribution < 1.29 is 13.2 Å². The maximum absolute atomic E-state index is 12.8. The maximum Gasteiger partial charge on any atom is 0.263 e. The lowest BCUT2D eigenvalue weighted by Gasteiger charge is -2.13. The fourth-order valence-electron chi connectivity index (χ4n) is 2.66. The van der Waals surface area contributed by atoms with Crippen molar-refractivity contribution in [3.8, 4) is 0 Å². The molecule has 0 atom stereocenters. The van der Waals surface area contributed by atoms with Crippen molar-refractivity contribution in [1.29, 1.82) is 0 Å². The number of halogens is 1. The van der Waals surface area contributed by atoms with Crippen molar-refractivity contribution in [2.45, 2.75) is 18.7 Å². The number of nitrogens with one attached hydrogen (secondary N) is 2. The van der Waals surface area contributed by atoms with E-state index < -0.39 is 15.9 Å². The van der Waals surface area contributed by atoms with E-state index in [1.807, 2.05) is 31.2 Å². The summed E-state index contributed by atoms with van der Waals surface area (Å²) in [6, 6.07) is 18.5. The monoisotopic (exact) mass is 414 g/mol. The van der Waals surface area contributed by atoms with Gasteiger partial charge in [-0.25, -0.2) is 8.42 Å². The first-order chi connectivity index (χ1) is 13.3. The summed E-state index contributed by atoms with van der Waals surface area (Å²) in [5.74, 6) is -0.422. The standard InChI is InChI=1S/C21H19ClN2O3S/c1-14-6-5-8-17(12-14)23-21(25)16-10-11-18(22)20(13-16)28(26,27)24-19-9-4-3-7-15(19)2/h3-13,24H,1-2H3,(H,23,25). The molecule has 0 bridgehead atoms. The molecule has 0 radical (unpaired) electrons. The molecule has 7 heteroatoms. The van der Waals surface area contributed by atoms with E-state index in [1.54, 1.807) is 31.2 Å². The SMILES string of the molecule is Cc1cccc(NC(=O)c2ccc(Cl)c(S(=O)(=O)Nc3ccccc3C)c2)c1. The second kappa shape index (κ2) is 8.04. The Balaban J connectivity index is 1.90. The predicted octanol–water partition coefficient (Wildman–Crippen LogP) is 5.01. The highest BCUT2D eigenvalue weighted by atomic mass is 35.5. The first-order valence-electron chi connectivity index (χ1n) is 8.52. The molecular formula is C21H19ClN2O3S. The lowest BCUT2D eigenvalue weighted by molar-refractivity contribution is 0.102. The van der Waals surface area contributed by atoms with Gasteiger partial charge in [-0.3, -0.25) is 9.52 Å². The van der Waals surface area contributed by atoms with Crippen molar-refractivity contribution in [3.05, 3.63) is 88.4 Å². The lowest BCUT2D eigenvalue weighted by atomic mass is 10.2. The van der Waals surface area contributed by atoms with Crippen molar-refractivity contribution in [3.63, 3.8) is 0 Å². The minimum Gasteiger partial charge on any atom is -0.322 e. The van der Waals surface area contributed by atoms with E-state index in [9.17, 15) is 13.2 Å². The highest BCUT2D eigenvalue weighted by Crippen LogP contribution is 2.26. The van der Waals surface area contributed by atoms with E-state index in [0.29, 0.717) is 11.4 Å². The number of carbonyl (C=O) groups excluding carboxylic acids is 1. The minimum atomic E-state index is -3.96. The van der Waals surface area contributed by atoms with Crippen LogP contribution in [0.2, 0.25) is 5.02 Å². The van der Waals surface area contributed by atoms with Crippen LogP contribution in [-0.4, -0.2) is 14.3 Å². The van der Waals surface area contributed by atoms with Gasteiger partial charge in [-0.15, -0.1) is 0 Å². The lowest BCUT2D eigenvalue weighted by Crippen LogP contribution is -2.17. The van der Waals surface area contributed by atoms with Gasteiger partial charge in [0.1, 0.15) is 4.90 Å². The van der Waals surface area contributed by atoms with Crippen molar-refractivity contribution >= 4 is 38.9 Å². The summed E-state index contributed by atoms with van der Waals surface area (Å²) in [5.41, 5.74) is 3.04. The fourth-order valence-corrected chi connectivity index (χ4v) is 4.32. The van der Waals surface area contributed by atoms with E-state index in [2.05, 4.69) is 10.0 Å². The van der Waals surface area contributed by atoms with Crippen LogP contribution in [0.1, 0.15) is 21.5 Å². The highest BCUT2D eigenvalue weighted by molar-refractivity contribution is 7.92. The van der Waals surface area contributed by atoms with Crippen LogP contribution in [0, 0.1) is 13.8 Å². The molecule has 0 saturated heterocycles. The third kappa shape index (κ3) is 4.52. The van der Waals surface area contributed by atoms with Gasteiger partial charge in [0, 0.05) is 11.3 Å². The first kappa shape index (κ1) is 19.9. The Labute approximate surface area is 169 Å². The minimum absolute atomic E-state index is 0.0354. The van der Waals surface area contributed by atoms with E-state index in [4.69, 9.17) is 11.6 Å². The van der Waals surface area contributed by atoms with Gasteiger partial charge in [-0.2, -0.15) is 0 Å². The molecule has 5 nitrogen and oxygen atoms in total. The summed E-state index contributed by atoms with van der Waals surface area (Å²) >= 11 is 6.12. The van der Waals surface area contributed by atoms with Gasteiger partial charge in [0.25, 0.3) is 15.9 Å². The summed E-state index contributed by atoms with van der Waals surface area (Å²) in [4.78, 5) is 12.4. The Kier molecular flexibility index (Phi) is 5.72. The topological polar surface area (TPSA) is 75.3 Å². The third-order valence-corrected chi connectivity index (χ3v) is 6.00. The van der Waals surface area contributed by atoms with E-state index in [1.165, 1.54) is 18.2 Å². The largest absolute Gasteiger partial charge is 0.322 e. The number of amides is 1. The number of rotatable bonds is 5. The number of carbonyl (C=O) groups is 1. The normalized spacial score (nSPS) is 11.1. The molecule has 2 N–H and O–H groups in total. The van der Waals surface area contributed by atoms with Gasteiger partial charge in [0.2, 0.25) is 0 Å². The van der Waals surface area contributed by atoms with E-state index in [-0.39, 0.29) is 15.5 Å². The molecule has 0 unspecified atom stereocenters. The number of anilines is 2. The van der Waals surface area contributed by atoms with Gasteiger partial charge >= 0.3 is 0 Å². The molecule has 28 heavy (non-hydrogen) atoms. The van der Waals surface area contributed by atoms with Crippen LogP contribution >= 0.6 is 11.6 Å². The molecule has 0 aliphatic carbocycles. The van der Waals surface area contributed by atoms with Crippen LogP contribution in [-0.2, 0) is 10.0 Å². The van der Waals surface area contributed by atoms with E-state index >= 15 is 0 Å². The summed E-state index contributed by atoms with van der Waals surface area (Å²) in [6.07, 6.45) is 0. The molecule has 0 saturated carbocycles. The number of para-hydroxylation sites is 1. The zero-order valence-electron chi connectivity index (χ0n) is 15.4. The summed E-state index contributed by atoms with van der Waals surface area (Å²) in [6.45, 7) is 3.71. The van der Waals surface area contributed by atoms with Crippen molar-refractivity contribution in [2.24, 2.45) is 0 Å². The number of aryl methyl sites for hydroxylation is 2.